The summed E-state index contributed by atoms with van der Waals surface area (Å²) in [4.78, 5) is 0. The Bertz CT molecular complexity index is 225. The molecule has 0 aliphatic heterocycles. The van der Waals surface area contributed by atoms with Gasteiger partial charge in [-0.25, -0.2) is 0 Å². The Labute approximate surface area is 100 Å². The fourth-order valence-corrected chi connectivity index (χ4v) is 3.36. The van der Waals surface area contributed by atoms with Crippen molar-refractivity contribution in [3.8, 4) is 0 Å². The molecule has 2 fully saturated rings. The summed E-state index contributed by atoms with van der Waals surface area (Å²) in [6.07, 6.45) is 9.54. The van der Waals surface area contributed by atoms with E-state index in [-0.39, 0.29) is 5.54 Å². The largest absolute Gasteiger partial charge is 0.324 e. The maximum absolute atomic E-state index is 6.11. The van der Waals surface area contributed by atoms with Crippen LogP contribution in [0.15, 0.2) is 0 Å². The lowest BCUT2D eigenvalue weighted by molar-refractivity contribution is 0.222. The van der Waals surface area contributed by atoms with Crippen molar-refractivity contribution in [3.63, 3.8) is 0 Å². The van der Waals surface area contributed by atoms with Gasteiger partial charge < -0.3 is 11.1 Å². The summed E-state index contributed by atoms with van der Waals surface area (Å²) in [7, 11) is 0. The topological polar surface area (TPSA) is 38.0 Å². The van der Waals surface area contributed by atoms with Crippen LogP contribution in [0.2, 0.25) is 0 Å². The summed E-state index contributed by atoms with van der Waals surface area (Å²) in [6, 6.07) is 0. The first-order valence-electron chi connectivity index (χ1n) is 7.03. The first-order chi connectivity index (χ1) is 7.54. The number of hydrogen-bond donors (Lipinski definition) is 2. The normalized spacial score (nSPS) is 26.2. The predicted molar refractivity (Wildman–Crippen MR) is 69.4 cm³/mol. The zero-order chi connectivity index (χ0) is 11.6. The number of nitrogens with two attached hydrogens (primary N) is 1. The van der Waals surface area contributed by atoms with E-state index in [1.807, 2.05) is 0 Å². The van der Waals surface area contributed by atoms with E-state index in [2.05, 4.69) is 19.2 Å². The molecule has 2 aliphatic carbocycles. The zero-order valence-corrected chi connectivity index (χ0v) is 11.0. The van der Waals surface area contributed by atoms with Crippen molar-refractivity contribution in [1.82, 2.24) is 5.32 Å². The van der Waals surface area contributed by atoms with Gasteiger partial charge in [-0.3, -0.25) is 0 Å². The van der Waals surface area contributed by atoms with Crippen LogP contribution >= 0.6 is 0 Å². The molecule has 0 aromatic rings. The zero-order valence-electron chi connectivity index (χ0n) is 11.0. The van der Waals surface area contributed by atoms with Crippen molar-refractivity contribution < 1.29 is 0 Å². The van der Waals surface area contributed by atoms with Crippen molar-refractivity contribution in [2.45, 2.75) is 64.3 Å². The Morgan fingerprint density at radius 2 is 1.69 bits per heavy atom. The predicted octanol–water partition coefficient (Wildman–Crippen LogP) is 2.67. The second-order valence-corrected chi connectivity index (χ2v) is 6.77. The number of nitrogens with one attached hydrogen (secondary N) is 1. The monoisotopic (exact) mass is 224 g/mol. The van der Waals surface area contributed by atoms with Crippen LogP contribution in [0.1, 0.15) is 58.8 Å². The van der Waals surface area contributed by atoms with Crippen LogP contribution in [-0.4, -0.2) is 18.6 Å². The van der Waals surface area contributed by atoms with Gasteiger partial charge in [0.25, 0.3) is 0 Å². The number of hydrogen-bond acceptors (Lipinski definition) is 2. The van der Waals surface area contributed by atoms with Crippen molar-refractivity contribution in [1.29, 1.82) is 0 Å². The van der Waals surface area contributed by atoms with Crippen molar-refractivity contribution in [3.05, 3.63) is 0 Å². The Kier molecular flexibility index (Phi) is 3.60. The highest BCUT2D eigenvalue weighted by Gasteiger charge is 2.39. The molecular weight excluding hydrogens is 196 g/mol. The fraction of sp³-hybridized carbons (Fsp3) is 1.00. The highest BCUT2D eigenvalue weighted by molar-refractivity contribution is 5.01. The molecule has 3 N–H and O–H groups in total. The van der Waals surface area contributed by atoms with Crippen molar-refractivity contribution >= 4 is 0 Å². The van der Waals surface area contributed by atoms with Crippen LogP contribution < -0.4 is 11.1 Å². The van der Waals surface area contributed by atoms with E-state index >= 15 is 0 Å². The minimum Gasteiger partial charge on any atom is -0.324 e. The Morgan fingerprint density at radius 1 is 1.06 bits per heavy atom. The highest BCUT2D eigenvalue weighted by atomic mass is 15.0. The second-order valence-electron chi connectivity index (χ2n) is 6.77. The first-order valence-corrected chi connectivity index (χ1v) is 7.03. The molecule has 0 amide bonds. The number of rotatable bonds is 6. The third-order valence-electron chi connectivity index (χ3n) is 4.37. The summed E-state index contributed by atoms with van der Waals surface area (Å²) < 4.78 is 0. The Balaban J connectivity index is 1.77. The van der Waals surface area contributed by atoms with Gasteiger partial charge in [0.05, 0.1) is 0 Å². The lowest BCUT2D eigenvalue weighted by atomic mass is 9.78. The molecule has 0 aromatic heterocycles. The highest BCUT2D eigenvalue weighted by Crippen LogP contribution is 2.42. The van der Waals surface area contributed by atoms with Gasteiger partial charge in [0.15, 0.2) is 0 Å². The van der Waals surface area contributed by atoms with Crippen molar-refractivity contribution in [2.24, 2.45) is 17.1 Å². The standard InChI is InChI=1S/C14H28N2/c1-12(2)9-13(5-3-4-6-13)10-16-11-14(15)7-8-14/h12,16H,3-11,15H2,1-2H3. The lowest BCUT2D eigenvalue weighted by Gasteiger charge is -2.32. The van der Waals surface area contributed by atoms with E-state index in [0.29, 0.717) is 5.41 Å². The van der Waals surface area contributed by atoms with Crippen LogP contribution in [0.4, 0.5) is 0 Å². The molecule has 0 saturated heterocycles. The second kappa shape index (κ2) is 4.66. The maximum Gasteiger partial charge on any atom is 0.0282 e. The van der Waals surface area contributed by atoms with Gasteiger partial charge in [-0.15, -0.1) is 0 Å². The Hall–Kier alpha value is -0.0800. The van der Waals surface area contributed by atoms with E-state index in [9.17, 15) is 0 Å². The third kappa shape index (κ3) is 3.21. The minimum absolute atomic E-state index is 0.164. The summed E-state index contributed by atoms with van der Waals surface area (Å²) in [5, 5.41) is 3.65. The molecule has 0 spiro atoms. The van der Waals surface area contributed by atoms with Crippen LogP contribution in [-0.2, 0) is 0 Å². The molecular formula is C14H28N2. The van der Waals surface area contributed by atoms with Crippen LogP contribution in [0.3, 0.4) is 0 Å². The molecule has 2 saturated carbocycles. The van der Waals surface area contributed by atoms with Gasteiger partial charge in [0.1, 0.15) is 0 Å². The summed E-state index contributed by atoms with van der Waals surface area (Å²) in [6.45, 7) is 6.94. The Morgan fingerprint density at radius 3 is 2.19 bits per heavy atom. The molecule has 0 heterocycles. The van der Waals surface area contributed by atoms with Crippen molar-refractivity contribution in [2.75, 3.05) is 13.1 Å². The molecule has 0 aromatic carbocycles. The van der Waals surface area contributed by atoms with Crippen LogP contribution in [0.25, 0.3) is 0 Å². The molecule has 16 heavy (non-hydrogen) atoms. The van der Waals surface area contributed by atoms with Gasteiger partial charge in [0.2, 0.25) is 0 Å². The molecule has 0 atom stereocenters. The van der Waals surface area contributed by atoms with Gasteiger partial charge >= 0.3 is 0 Å². The summed E-state index contributed by atoms with van der Waals surface area (Å²) in [5.74, 6) is 0.827. The third-order valence-corrected chi connectivity index (χ3v) is 4.37. The SMILES string of the molecule is CC(C)CC1(CNCC2(N)CC2)CCCC1. The van der Waals surface area contributed by atoms with E-state index < -0.39 is 0 Å². The van der Waals surface area contributed by atoms with E-state index in [4.69, 9.17) is 5.73 Å². The van der Waals surface area contributed by atoms with Gasteiger partial charge in [-0.1, -0.05) is 26.7 Å². The molecule has 2 nitrogen and oxygen atoms in total. The molecule has 94 valence electrons. The summed E-state index contributed by atoms with van der Waals surface area (Å²) >= 11 is 0. The quantitative estimate of drug-likeness (QED) is 0.728. The molecule has 2 heteroatoms. The fourth-order valence-electron chi connectivity index (χ4n) is 3.36. The van der Waals surface area contributed by atoms with E-state index in [1.165, 1.54) is 51.5 Å². The van der Waals surface area contributed by atoms with Crippen LogP contribution in [0, 0.1) is 11.3 Å². The van der Waals surface area contributed by atoms with E-state index in [0.717, 1.165) is 12.5 Å². The molecule has 0 radical (unpaired) electrons. The van der Waals surface area contributed by atoms with Gasteiger partial charge in [-0.05, 0) is 43.4 Å². The molecule has 2 rings (SSSR count). The minimum atomic E-state index is 0.164. The van der Waals surface area contributed by atoms with E-state index in [1.54, 1.807) is 0 Å². The first kappa shape index (κ1) is 12.4. The average molecular weight is 224 g/mol. The maximum atomic E-state index is 6.11. The smallest absolute Gasteiger partial charge is 0.0282 e. The molecule has 0 bridgehead atoms. The van der Waals surface area contributed by atoms with Crippen LogP contribution in [0.5, 0.6) is 0 Å². The summed E-state index contributed by atoms with van der Waals surface area (Å²) in [5.41, 5.74) is 6.87. The lowest BCUT2D eigenvalue weighted by Crippen LogP contribution is -2.41. The van der Waals surface area contributed by atoms with Gasteiger partial charge in [-0.2, -0.15) is 0 Å². The van der Waals surface area contributed by atoms with Gasteiger partial charge in [0, 0.05) is 18.6 Å². The molecule has 2 aliphatic rings. The molecule has 0 unspecified atom stereocenters. The average Bonchev–Trinajstić information content (AvgIpc) is 2.75.